The molecule has 1 aromatic carbocycles. The summed E-state index contributed by atoms with van der Waals surface area (Å²) in [5, 5.41) is 14.1. The topological polar surface area (TPSA) is 116 Å². The van der Waals surface area contributed by atoms with E-state index in [0.29, 0.717) is 23.9 Å². The number of nitrogens with zero attached hydrogens (tertiary/aromatic N) is 3. The van der Waals surface area contributed by atoms with E-state index in [0.717, 1.165) is 13.1 Å². The Balaban J connectivity index is 0.000000406. The van der Waals surface area contributed by atoms with Crippen LogP contribution in [0.4, 0.5) is 13.2 Å². The molecule has 184 valence electrons. The van der Waals surface area contributed by atoms with Gasteiger partial charge in [-0.15, -0.1) is 0 Å². The zero-order valence-corrected chi connectivity index (χ0v) is 18.8. The van der Waals surface area contributed by atoms with Crippen LogP contribution in [0.3, 0.4) is 0 Å². The van der Waals surface area contributed by atoms with Gasteiger partial charge in [-0.1, -0.05) is 29.4 Å². The minimum Gasteiger partial charge on any atom is -0.475 e. The van der Waals surface area contributed by atoms with Crippen LogP contribution in [0, 0.1) is 12.8 Å². The number of nitrogens with one attached hydrogen (secondary N) is 1. The Morgan fingerprint density at radius 2 is 1.82 bits per heavy atom. The average Bonchev–Trinajstić information content (AvgIpc) is 3.43. The van der Waals surface area contributed by atoms with Crippen molar-refractivity contribution in [3.8, 4) is 0 Å². The van der Waals surface area contributed by atoms with Gasteiger partial charge in [0.1, 0.15) is 5.76 Å². The van der Waals surface area contributed by atoms with E-state index in [1.807, 2.05) is 12.1 Å². The quantitative estimate of drug-likeness (QED) is 0.687. The lowest BCUT2D eigenvalue weighted by atomic mass is 9.94. The van der Waals surface area contributed by atoms with Crippen molar-refractivity contribution in [2.45, 2.75) is 25.1 Å². The van der Waals surface area contributed by atoms with E-state index in [-0.39, 0.29) is 23.8 Å². The number of amides is 2. The first-order valence-corrected chi connectivity index (χ1v) is 10.4. The number of carboxylic acids is 1. The highest BCUT2D eigenvalue weighted by molar-refractivity contribution is 5.92. The van der Waals surface area contributed by atoms with E-state index in [2.05, 4.69) is 27.5 Å². The van der Waals surface area contributed by atoms with Crippen LogP contribution in [-0.2, 0) is 9.59 Å². The molecule has 0 radical (unpaired) electrons. The first-order chi connectivity index (χ1) is 15.9. The molecular formula is C22H25F3N4O5. The van der Waals surface area contributed by atoms with Gasteiger partial charge in [0.25, 0.3) is 5.91 Å². The van der Waals surface area contributed by atoms with Gasteiger partial charge in [0.05, 0.1) is 12.6 Å². The Labute approximate surface area is 193 Å². The van der Waals surface area contributed by atoms with Crippen molar-refractivity contribution in [1.29, 1.82) is 0 Å². The summed E-state index contributed by atoms with van der Waals surface area (Å²) in [6.07, 6.45) is -5.08. The summed E-state index contributed by atoms with van der Waals surface area (Å²) in [6.45, 7) is 3.78. The number of aromatic nitrogens is 1. The number of hydrogen-bond acceptors (Lipinski definition) is 6. The first-order valence-electron chi connectivity index (χ1n) is 10.4. The summed E-state index contributed by atoms with van der Waals surface area (Å²) in [7, 11) is 3.55. The number of halogens is 3. The number of hydrogen-bond donors (Lipinski definition) is 2. The zero-order valence-electron chi connectivity index (χ0n) is 18.8. The van der Waals surface area contributed by atoms with Gasteiger partial charge in [0.2, 0.25) is 5.91 Å². The Hall–Kier alpha value is -3.41. The third-order valence-corrected chi connectivity index (χ3v) is 5.85. The van der Waals surface area contributed by atoms with Crippen molar-refractivity contribution in [2.24, 2.45) is 5.92 Å². The molecule has 12 heteroatoms. The average molecular weight is 482 g/mol. The van der Waals surface area contributed by atoms with E-state index in [4.69, 9.17) is 14.4 Å². The maximum atomic E-state index is 12.7. The number of aliphatic carboxylic acids is 1. The Kier molecular flexibility index (Phi) is 7.29. The Bertz CT molecular complexity index is 1070. The highest BCUT2D eigenvalue weighted by Crippen LogP contribution is 2.49. The van der Waals surface area contributed by atoms with Gasteiger partial charge < -0.3 is 19.8 Å². The second kappa shape index (κ2) is 9.84. The van der Waals surface area contributed by atoms with Crippen LogP contribution < -0.4 is 5.32 Å². The van der Waals surface area contributed by atoms with E-state index in [9.17, 15) is 22.8 Å². The molecule has 1 aliphatic heterocycles. The highest BCUT2D eigenvalue weighted by Gasteiger charge is 2.47. The number of carboxylic acid groups (broad SMARTS) is 1. The molecule has 2 aromatic rings. The second-order valence-electron chi connectivity index (χ2n) is 8.46. The Morgan fingerprint density at radius 1 is 1.21 bits per heavy atom. The molecule has 1 aromatic heterocycles. The number of carbonyl (C=O) groups is 3. The molecule has 9 nitrogen and oxygen atoms in total. The number of alkyl halides is 3. The molecule has 2 N–H and O–H groups in total. The largest absolute Gasteiger partial charge is 0.490 e. The minimum absolute atomic E-state index is 0.0878. The van der Waals surface area contributed by atoms with Crippen molar-refractivity contribution in [3.63, 3.8) is 0 Å². The summed E-state index contributed by atoms with van der Waals surface area (Å²) in [5.74, 6) is -1.71. The van der Waals surface area contributed by atoms with Crippen LogP contribution in [0.25, 0.3) is 0 Å². The SMILES string of the molecule is Cc1cc(C(=O)N[C@@H]2c3ccccc3[C@@H]3CN(CC(=O)N(C)C)C[C@H]23)no1.O=C(O)C(F)(F)F. The number of likely N-dealkylation sites (N-methyl/N-ethyl adjacent to an activating group) is 1. The maximum absolute atomic E-state index is 12.7. The summed E-state index contributed by atoms with van der Waals surface area (Å²) < 4.78 is 36.8. The molecule has 34 heavy (non-hydrogen) atoms. The van der Waals surface area contributed by atoms with Gasteiger partial charge >= 0.3 is 12.1 Å². The molecule has 1 fully saturated rings. The number of likely N-dealkylation sites (tertiary alicyclic amines) is 1. The molecule has 1 saturated heterocycles. The molecule has 0 unspecified atom stereocenters. The lowest BCUT2D eigenvalue weighted by molar-refractivity contribution is -0.192. The number of rotatable bonds is 4. The number of fused-ring (bicyclic) bond motifs is 3. The van der Waals surface area contributed by atoms with Gasteiger partial charge in [0, 0.05) is 45.1 Å². The minimum atomic E-state index is -5.08. The van der Waals surface area contributed by atoms with Crippen LogP contribution in [0.15, 0.2) is 34.9 Å². The van der Waals surface area contributed by atoms with Crippen LogP contribution in [-0.4, -0.2) is 77.8 Å². The van der Waals surface area contributed by atoms with Crippen molar-refractivity contribution < 1.29 is 37.2 Å². The first kappa shape index (κ1) is 25.2. The summed E-state index contributed by atoms with van der Waals surface area (Å²) >= 11 is 0. The van der Waals surface area contributed by atoms with Gasteiger partial charge in [-0.05, 0) is 18.1 Å². The lowest BCUT2D eigenvalue weighted by Gasteiger charge is -2.23. The molecular weight excluding hydrogens is 457 g/mol. The Morgan fingerprint density at radius 3 is 2.35 bits per heavy atom. The molecule has 4 rings (SSSR count). The normalized spacial score (nSPS) is 21.2. The van der Waals surface area contributed by atoms with Crippen LogP contribution in [0.5, 0.6) is 0 Å². The van der Waals surface area contributed by atoms with Gasteiger partial charge in [-0.3, -0.25) is 14.5 Å². The standard InChI is InChI=1S/C20H24N4O3.C2HF3O2/c1-12-8-17(22-27-12)20(26)21-19-14-7-5-4-6-13(14)15-9-24(10-16(15)19)11-18(25)23(2)3;3-2(4,5)1(6)7/h4-8,15-16,19H,9-11H2,1-3H3,(H,21,26);(H,6,7)/t15-,16-,19+;/m0./s1. The summed E-state index contributed by atoms with van der Waals surface area (Å²) in [5.41, 5.74) is 2.73. The van der Waals surface area contributed by atoms with Crippen LogP contribution in [0.1, 0.15) is 39.3 Å². The van der Waals surface area contributed by atoms with E-state index in [1.54, 1.807) is 32.0 Å². The molecule has 2 aliphatic rings. The highest BCUT2D eigenvalue weighted by atomic mass is 19.4. The summed E-state index contributed by atoms with van der Waals surface area (Å²) in [6, 6.07) is 9.82. The predicted octanol–water partition coefficient (Wildman–Crippen LogP) is 2.20. The molecule has 0 saturated carbocycles. The molecule has 0 spiro atoms. The van der Waals surface area contributed by atoms with Crippen LogP contribution >= 0.6 is 0 Å². The predicted molar refractivity (Wildman–Crippen MR) is 113 cm³/mol. The van der Waals surface area contributed by atoms with E-state index in [1.165, 1.54) is 11.1 Å². The number of carbonyl (C=O) groups excluding carboxylic acids is 2. The van der Waals surface area contributed by atoms with Crippen LogP contribution in [0.2, 0.25) is 0 Å². The smallest absolute Gasteiger partial charge is 0.475 e. The monoisotopic (exact) mass is 482 g/mol. The maximum Gasteiger partial charge on any atom is 0.490 e. The van der Waals surface area contributed by atoms with Gasteiger partial charge in [0.15, 0.2) is 5.69 Å². The lowest BCUT2D eigenvalue weighted by Crippen LogP contribution is -2.37. The fourth-order valence-electron chi connectivity index (χ4n) is 4.28. The summed E-state index contributed by atoms with van der Waals surface area (Å²) in [4.78, 5) is 37.5. The zero-order chi connectivity index (χ0) is 25.2. The number of benzene rings is 1. The third-order valence-electron chi connectivity index (χ3n) is 5.85. The van der Waals surface area contributed by atoms with Gasteiger partial charge in [-0.25, -0.2) is 4.79 Å². The second-order valence-corrected chi connectivity index (χ2v) is 8.46. The molecule has 2 amide bonds. The molecule has 2 heterocycles. The van der Waals surface area contributed by atoms with Crippen molar-refractivity contribution in [1.82, 2.24) is 20.3 Å². The molecule has 0 bridgehead atoms. The van der Waals surface area contributed by atoms with E-state index < -0.39 is 12.1 Å². The van der Waals surface area contributed by atoms with Gasteiger partial charge in [-0.2, -0.15) is 13.2 Å². The number of aryl methyl sites for hydroxylation is 1. The van der Waals surface area contributed by atoms with Crippen molar-refractivity contribution in [3.05, 3.63) is 52.9 Å². The van der Waals surface area contributed by atoms with Crippen molar-refractivity contribution >= 4 is 17.8 Å². The van der Waals surface area contributed by atoms with Crippen molar-refractivity contribution in [2.75, 3.05) is 33.7 Å². The third kappa shape index (κ3) is 5.56. The fraction of sp³-hybridized carbons (Fsp3) is 0.455. The molecule has 1 aliphatic carbocycles. The molecule has 3 atom stereocenters. The van der Waals surface area contributed by atoms with E-state index >= 15 is 0 Å². The fourth-order valence-corrected chi connectivity index (χ4v) is 4.28.